The fraction of sp³-hybridized carbons (Fsp3) is 0.250. The summed E-state index contributed by atoms with van der Waals surface area (Å²) in [5, 5.41) is 9.41. The topological polar surface area (TPSA) is 67.2 Å². The van der Waals surface area contributed by atoms with Crippen molar-refractivity contribution in [3.63, 3.8) is 0 Å². The molecule has 17 heavy (non-hydrogen) atoms. The van der Waals surface area contributed by atoms with Crippen LogP contribution in [0, 0.1) is 11.3 Å². The lowest BCUT2D eigenvalue weighted by molar-refractivity contribution is 0.0600. The van der Waals surface area contributed by atoms with Crippen molar-refractivity contribution in [2.75, 3.05) is 12.4 Å². The monoisotopic (exact) mass is 295 g/mol. The van der Waals surface area contributed by atoms with E-state index in [-0.39, 0.29) is 28.9 Å². The van der Waals surface area contributed by atoms with Crippen LogP contribution < -0.4 is 0 Å². The lowest BCUT2D eigenvalue weighted by Gasteiger charge is -2.04. The maximum atomic E-state index is 11.8. The number of carbonyl (C=O) groups excluding carboxylic acids is 2. The highest BCUT2D eigenvalue weighted by atomic mass is 79.9. The minimum Gasteiger partial charge on any atom is -0.465 e. The summed E-state index contributed by atoms with van der Waals surface area (Å²) in [6.07, 6.45) is 0.277. The molecule has 1 aromatic rings. The molecule has 88 valence electrons. The van der Waals surface area contributed by atoms with E-state index in [9.17, 15) is 9.59 Å². The van der Waals surface area contributed by atoms with E-state index in [2.05, 4.69) is 20.7 Å². The van der Waals surface area contributed by atoms with Gasteiger partial charge in [-0.05, 0) is 18.2 Å². The first-order valence-electron chi connectivity index (χ1n) is 4.85. The zero-order valence-electron chi connectivity index (χ0n) is 9.20. The Balaban J connectivity index is 3.21. The summed E-state index contributed by atoms with van der Waals surface area (Å²) in [5.74, 6) is -0.702. The van der Waals surface area contributed by atoms with Gasteiger partial charge in [0, 0.05) is 17.3 Å². The molecule has 0 N–H and O–H groups in total. The minimum atomic E-state index is -0.526. The molecule has 4 nitrogen and oxygen atoms in total. The molecule has 1 rings (SSSR count). The quantitative estimate of drug-likeness (QED) is 0.486. The number of ketones is 1. The molecule has 0 spiro atoms. The predicted molar refractivity (Wildman–Crippen MR) is 65.2 cm³/mol. The third-order valence-corrected chi connectivity index (χ3v) is 2.58. The molecule has 0 saturated heterocycles. The number of alkyl halides is 1. The molecular weight excluding hydrogens is 286 g/mol. The molecule has 0 atom stereocenters. The van der Waals surface area contributed by atoms with E-state index >= 15 is 0 Å². The first-order chi connectivity index (χ1) is 8.13. The van der Waals surface area contributed by atoms with Gasteiger partial charge in [0.05, 0.1) is 24.3 Å². The van der Waals surface area contributed by atoms with Gasteiger partial charge in [-0.1, -0.05) is 15.9 Å². The Hall–Kier alpha value is -1.67. The second-order valence-corrected chi connectivity index (χ2v) is 4.02. The van der Waals surface area contributed by atoms with Crippen LogP contribution in [0.2, 0.25) is 0 Å². The molecule has 0 aliphatic rings. The molecule has 0 aliphatic heterocycles. The fourth-order valence-electron chi connectivity index (χ4n) is 1.34. The third kappa shape index (κ3) is 3.14. The van der Waals surface area contributed by atoms with Gasteiger partial charge in [0.1, 0.15) is 0 Å². The Morgan fingerprint density at radius 2 is 2.18 bits per heavy atom. The maximum Gasteiger partial charge on any atom is 0.337 e. The molecule has 0 bridgehead atoms. The zero-order valence-corrected chi connectivity index (χ0v) is 10.8. The molecule has 0 unspecified atom stereocenters. The number of nitriles is 1. The van der Waals surface area contributed by atoms with Crippen molar-refractivity contribution in [3.05, 3.63) is 34.9 Å². The molecule has 0 radical (unpaired) electrons. The number of rotatable bonds is 4. The summed E-state index contributed by atoms with van der Waals surface area (Å²) in [7, 11) is 1.26. The van der Waals surface area contributed by atoms with E-state index in [0.29, 0.717) is 5.33 Å². The first-order valence-corrected chi connectivity index (χ1v) is 5.97. The summed E-state index contributed by atoms with van der Waals surface area (Å²) in [6, 6.07) is 6.25. The number of methoxy groups -OCH3 is 1. The Kier molecular flexibility index (Phi) is 4.85. The van der Waals surface area contributed by atoms with Crippen molar-refractivity contribution >= 4 is 27.7 Å². The van der Waals surface area contributed by atoms with Crippen LogP contribution >= 0.6 is 15.9 Å². The number of carbonyl (C=O) groups is 2. The highest BCUT2D eigenvalue weighted by molar-refractivity contribution is 9.09. The van der Waals surface area contributed by atoms with Crippen LogP contribution in [0.1, 0.15) is 32.7 Å². The summed E-state index contributed by atoms with van der Waals surface area (Å²) in [5.41, 5.74) is 0.794. The van der Waals surface area contributed by atoms with Gasteiger partial charge in [-0.15, -0.1) is 0 Å². The summed E-state index contributed by atoms with van der Waals surface area (Å²) in [4.78, 5) is 23.1. The lowest BCUT2D eigenvalue weighted by atomic mass is 10.00. The Morgan fingerprint density at radius 3 is 2.71 bits per heavy atom. The van der Waals surface area contributed by atoms with Crippen LogP contribution in [-0.2, 0) is 4.74 Å². The van der Waals surface area contributed by atoms with Gasteiger partial charge in [-0.3, -0.25) is 4.79 Å². The van der Waals surface area contributed by atoms with E-state index in [1.807, 2.05) is 6.07 Å². The molecule has 0 aromatic heterocycles. The van der Waals surface area contributed by atoms with E-state index in [1.54, 1.807) is 0 Å². The fourth-order valence-corrected chi connectivity index (χ4v) is 1.70. The van der Waals surface area contributed by atoms with Gasteiger partial charge in [0.25, 0.3) is 0 Å². The number of halogens is 1. The molecule has 0 saturated carbocycles. The average molecular weight is 296 g/mol. The van der Waals surface area contributed by atoms with Gasteiger partial charge in [-0.25, -0.2) is 4.79 Å². The largest absolute Gasteiger partial charge is 0.465 e. The molecule has 0 amide bonds. The van der Waals surface area contributed by atoms with E-state index < -0.39 is 5.97 Å². The predicted octanol–water partition coefficient (Wildman–Crippen LogP) is 2.31. The van der Waals surface area contributed by atoms with Crippen molar-refractivity contribution in [1.82, 2.24) is 0 Å². The Bertz CT molecular complexity index is 491. The standard InChI is InChI=1S/C12H10BrNO3/c1-17-12(16)8-2-3-9(7-14)10(6-8)11(15)4-5-13/h2-3,6H,4-5H2,1H3. The molecule has 5 heteroatoms. The van der Waals surface area contributed by atoms with Gasteiger partial charge >= 0.3 is 5.97 Å². The second kappa shape index (κ2) is 6.16. The molecule has 1 aromatic carbocycles. The maximum absolute atomic E-state index is 11.8. The molecule has 0 fully saturated rings. The normalized spacial score (nSPS) is 9.47. The number of benzene rings is 1. The third-order valence-electron chi connectivity index (χ3n) is 2.18. The van der Waals surface area contributed by atoms with Crippen molar-refractivity contribution < 1.29 is 14.3 Å². The zero-order chi connectivity index (χ0) is 12.8. The number of hydrogen-bond donors (Lipinski definition) is 0. The molecule has 0 heterocycles. The van der Waals surface area contributed by atoms with Gasteiger partial charge in [-0.2, -0.15) is 5.26 Å². The summed E-state index contributed by atoms with van der Waals surface area (Å²) < 4.78 is 4.56. The van der Waals surface area contributed by atoms with E-state index in [1.165, 1.54) is 25.3 Å². The summed E-state index contributed by atoms with van der Waals surface area (Å²) in [6.45, 7) is 0. The SMILES string of the molecule is COC(=O)c1ccc(C#N)c(C(=O)CCBr)c1. The van der Waals surface area contributed by atoms with Crippen molar-refractivity contribution in [2.24, 2.45) is 0 Å². The lowest BCUT2D eigenvalue weighted by Crippen LogP contribution is -2.07. The smallest absolute Gasteiger partial charge is 0.337 e. The van der Waals surface area contributed by atoms with Crippen LogP contribution in [0.25, 0.3) is 0 Å². The van der Waals surface area contributed by atoms with Crippen molar-refractivity contribution in [3.8, 4) is 6.07 Å². The Labute approximate surface area is 107 Å². The van der Waals surface area contributed by atoms with Crippen LogP contribution in [0.15, 0.2) is 18.2 Å². The minimum absolute atomic E-state index is 0.177. The average Bonchev–Trinajstić information content (AvgIpc) is 2.37. The number of Topliss-reactive ketones (excluding diaryl/α,β-unsaturated/α-hetero) is 1. The number of nitrogens with zero attached hydrogens (tertiary/aromatic N) is 1. The number of hydrogen-bond acceptors (Lipinski definition) is 4. The van der Waals surface area contributed by atoms with Crippen LogP contribution in [0.3, 0.4) is 0 Å². The van der Waals surface area contributed by atoms with Crippen LogP contribution in [0.5, 0.6) is 0 Å². The highest BCUT2D eigenvalue weighted by Gasteiger charge is 2.14. The van der Waals surface area contributed by atoms with Crippen LogP contribution in [0.4, 0.5) is 0 Å². The van der Waals surface area contributed by atoms with E-state index in [0.717, 1.165) is 0 Å². The van der Waals surface area contributed by atoms with Crippen molar-refractivity contribution in [2.45, 2.75) is 6.42 Å². The highest BCUT2D eigenvalue weighted by Crippen LogP contribution is 2.15. The molecular formula is C12H10BrNO3. The van der Waals surface area contributed by atoms with E-state index in [4.69, 9.17) is 5.26 Å². The molecule has 0 aliphatic carbocycles. The first kappa shape index (κ1) is 13.4. The van der Waals surface area contributed by atoms with Gasteiger partial charge in [0.15, 0.2) is 5.78 Å². The Morgan fingerprint density at radius 1 is 1.47 bits per heavy atom. The van der Waals surface area contributed by atoms with Gasteiger partial charge < -0.3 is 4.74 Å². The number of esters is 1. The number of ether oxygens (including phenoxy) is 1. The van der Waals surface area contributed by atoms with Crippen molar-refractivity contribution in [1.29, 1.82) is 5.26 Å². The summed E-state index contributed by atoms with van der Waals surface area (Å²) >= 11 is 3.16. The van der Waals surface area contributed by atoms with Crippen LogP contribution in [-0.4, -0.2) is 24.2 Å². The van der Waals surface area contributed by atoms with Gasteiger partial charge in [0.2, 0.25) is 0 Å². The second-order valence-electron chi connectivity index (χ2n) is 3.23.